The highest BCUT2D eigenvalue weighted by Gasteiger charge is 2.23. The molecular formula is C22H28N4O3. The molecule has 1 heterocycles. The predicted octanol–water partition coefficient (Wildman–Crippen LogP) is 2.00. The van der Waals surface area contributed by atoms with Crippen LogP contribution in [0.15, 0.2) is 47.5 Å². The molecule has 2 N–H and O–H groups in total. The summed E-state index contributed by atoms with van der Waals surface area (Å²) < 4.78 is 10.6. The van der Waals surface area contributed by atoms with Gasteiger partial charge in [0, 0.05) is 25.8 Å². The highest BCUT2D eigenvalue weighted by atomic mass is 16.5. The van der Waals surface area contributed by atoms with E-state index in [0.717, 1.165) is 30.6 Å². The maximum absolute atomic E-state index is 12.6. The molecule has 0 atom stereocenters. The molecule has 0 unspecified atom stereocenters. The van der Waals surface area contributed by atoms with Crippen molar-refractivity contribution in [1.82, 2.24) is 10.6 Å². The smallest absolute Gasteiger partial charge is 0.246 e. The number of hydrogen-bond donors (Lipinski definition) is 2. The fourth-order valence-electron chi connectivity index (χ4n) is 3.43. The molecule has 1 aliphatic heterocycles. The topological polar surface area (TPSA) is 75.2 Å². The molecular weight excluding hydrogens is 368 g/mol. The van der Waals surface area contributed by atoms with Crippen molar-refractivity contribution in [3.8, 4) is 11.5 Å². The third-order valence-electron chi connectivity index (χ3n) is 4.97. The Morgan fingerprint density at radius 3 is 2.66 bits per heavy atom. The maximum atomic E-state index is 12.6. The van der Waals surface area contributed by atoms with E-state index in [0.29, 0.717) is 24.0 Å². The van der Waals surface area contributed by atoms with Gasteiger partial charge in [0.25, 0.3) is 0 Å². The van der Waals surface area contributed by atoms with Gasteiger partial charge < -0.3 is 25.0 Å². The van der Waals surface area contributed by atoms with Crippen LogP contribution in [0, 0.1) is 0 Å². The van der Waals surface area contributed by atoms with E-state index in [-0.39, 0.29) is 12.5 Å². The first kappa shape index (κ1) is 20.5. The van der Waals surface area contributed by atoms with Crippen LogP contribution in [0.2, 0.25) is 0 Å². The fourth-order valence-corrected chi connectivity index (χ4v) is 3.43. The summed E-state index contributed by atoms with van der Waals surface area (Å²) in [7, 11) is 4.94. The standard InChI is InChI=1S/C22H28N4O3/c1-23-22(24-12-10-16-8-9-19(28-2)20(14-16)29-3)25-15-21(27)26-13-11-17-6-4-5-7-18(17)26/h4-9,14H,10-13,15H2,1-3H3,(H2,23,24,25). The summed E-state index contributed by atoms with van der Waals surface area (Å²) in [5.74, 6) is 2.07. The first-order valence-corrected chi connectivity index (χ1v) is 9.70. The van der Waals surface area contributed by atoms with E-state index in [4.69, 9.17) is 9.47 Å². The third-order valence-corrected chi connectivity index (χ3v) is 4.97. The Bertz CT molecular complexity index is 882. The number of methoxy groups -OCH3 is 2. The second-order valence-corrected chi connectivity index (χ2v) is 6.72. The van der Waals surface area contributed by atoms with E-state index in [1.807, 2.05) is 41.3 Å². The van der Waals surface area contributed by atoms with Crippen molar-refractivity contribution in [2.24, 2.45) is 4.99 Å². The van der Waals surface area contributed by atoms with Crippen molar-refractivity contribution in [2.45, 2.75) is 12.8 Å². The van der Waals surface area contributed by atoms with Gasteiger partial charge in [-0.2, -0.15) is 0 Å². The Labute approximate surface area is 171 Å². The second-order valence-electron chi connectivity index (χ2n) is 6.72. The van der Waals surface area contributed by atoms with Gasteiger partial charge in [-0.05, 0) is 42.2 Å². The monoisotopic (exact) mass is 396 g/mol. The number of guanidine groups is 1. The Morgan fingerprint density at radius 1 is 1.10 bits per heavy atom. The molecule has 29 heavy (non-hydrogen) atoms. The zero-order valence-electron chi connectivity index (χ0n) is 17.2. The zero-order chi connectivity index (χ0) is 20.6. The van der Waals surface area contributed by atoms with Gasteiger partial charge in [0.1, 0.15) is 0 Å². The first-order valence-electron chi connectivity index (χ1n) is 9.70. The number of nitrogens with zero attached hydrogens (tertiary/aromatic N) is 2. The minimum absolute atomic E-state index is 0.0396. The fraction of sp³-hybridized carbons (Fsp3) is 0.364. The van der Waals surface area contributed by atoms with Gasteiger partial charge >= 0.3 is 0 Å². The Kier molecular flexibility index (Phi) is 6.94. The van der Waals surface area contributed by atoms with Crippen molar-refractivity contribution in [2.75, 3.05) is 45.8 Å². The molecule has 0 aliphatic carbocycles. The van der Waals surface area contributed by atoms with Gasteiger partial charge in [-0.3, -0.25) is 9.79 Å². The van der Waals surface area contributed by atoms with Gasteiger partial charge in [-0.1, -0.05) is 24.3 Å². The number of para-hydroxylation sites is 1. The molecule has 0 radical (unpaired) electrons. The average molecular weight is 396 g/mol. The number of rotatable bonds is 7. The van der Waals surface area contributed by atoms with Crippen molar-refractivity contribution >= 4 is 17.6 Å². The molecule has 2 aromatic carbocycles. The highest BCUT2D eigenvalue weighted by molar-refractivity contribution is 5.98. The molecule has 1 amide bonds. The van der Waals surface area contributed by atoms with E-state index in [2.05, 4.69) is 21.7 Å². The molecule has 0 spiro atoms. The molecule has 3 rings (SSSR count). The van der Waals surface area contributed by atoms with Crippen LogP contribution in [0.5, 0.6) is 11.5 Å². The molecule has 7 nitrogen and oxygen atoms in total. The minimum atomic E-state index is 0.0396. The van der Waals surface area contributed by atoms with Crippen LogP contribution >= 0.6 is 0 Å². The molecule has 0 aromatic heterocycles. The lowest BCUT2D eigenvalue weighted by atomic mass is 10.1. The number of carbonyl (C=O) groups excluding carboxylic acids is 1. The Morgan fingerprint density at radius 2 is 1.90 bits per heavy atom. The lowest BCUT2D eigenvalue weighted by Gasteiger charge is -2.19. The number of fused-ring (bicyclic) bond motifs is 1. The summed E-state index contributed by atoms with van der Waals surface area (Å²) in [6.45, 7) is 1.60. The van der Waals surface area contributed by atoms with Gasteiger partial charge in [0.2, 0.25) is 5.91 Å². The largest absolute Gasteiger partial charge is 0.493 e. The summed E-state index contributed by atoms with van der Waals surface area (Å²) in [6.07, 6.45) is 1.69. The molecule has 1 aliphatic rings. The number of aliphatic imine (C=N–C) groups is 1. The number of amides is 1. The number of anilines is 1. The summed E-state index contributed by atoms with van der Waals surface area (Å²) in [5.41, 5.74) is 3.35. The van der Waals surface area contributed by atoms with Crippen molar-refractivity contribution in [3.63, 3.8) is 0 Å². The number of ether oxygens (including phenoxy) is 2. The molecule has 0 saturated carbocycles. The van der Waals surface area contributed by atoms with Crippen LogP contribution in [-0.2, 0) is 17.6 Å². The number of benzene rings is 2. The normalized spacial score (nSPS) is 13.1. The molecule has 7 heteroatoms. The lowest BCUT2D eigenvalue weighted by Crippen LogP contribution is -2.44. The Balaban J connectivity index is 1.47. The van der Waals surface area contributed by atoms with E-state index in [1.165, 1.54) is 5.56 Å². The van der Waals surface area contributed by atoms with Crippen molar-refractivity contribution in [3.05, 3.63) is 53.6 Å². The maximum Gasteiger partial charge on any atom is 0.246 e. The van der Waals surface area contributed by atoms with Crippen molar-refractivity contribution in [1.29, 1.82) is 0 Å². The zero-order valence-corrected chi connectivity index (χ0v) is 17.2. The number of carbonyl (C=O) groups is 1. The molecule has 2 aromatic rings. The molecule has 0 fully saturated rings. The van der Waals surface area contributed by atoms with E-state index in [9.17, 15) is 4.79 Å². The van der Waals surface area contributed by atoms with Gasteiger partial charge in [0.05, 0.1) is 20.8 Å². The van der Waals surface area contributed by atoms with Gasteiger partial charge in [-0.15, -0.1) is 0 Å². The molecule has 0 bridgehead atoms. The number of nitrogens with one attached hydrogen (secondary N) is 2. The summed E-state index contributed by atoms with van der Waals surface area (Å²) >= 11 is 0. The molecule has 0 saturated heterocycles. The van der Waals surface area contributed by atoms with E-state index >= 15 is 0 Å². The van der Waals surface area contributed by atoms with Crippen LogP contribution in [0.4, 0.5) is 5.69 Å². The van der Waals surface area contributed by atoms with Crippen LogP contribution in [0.1, 0.15) is 11.1 Å². The first-order chi connectivity index (χ1) is 14.2. The quantitative estimate of drug-likeness (QED) is 0.553. The minimum Gasteiger partial charge on any atom is -0.493 e. The molecule has 154 valence electrons. The van der Waals surface area contributed by atoms with Gasteiger partial charge in [0.15, 0.2) is 17.5 Å². The van der Waals surface area contributed by atoms with E-state index in [1.54, 1.807) is 21.3 Å². The number of hydrogen-bond acceptors (Lipinski definition) is 4. The predicted molar refractivity (Wildman–Crippen MR) is 115 cm³/mol. The second kappa shape index (κ2) is 9.82. The summed E-state index contributed by atoms with van der Waals surface area (Å²) in [6, 6.07) is 13.9. The van der Waals surface area contributed by atoms with Gasteiger partial charge in [-0.25, -0.2) is 0 Å². The summed E-state index contributed by atoms with van der Waals surface area (Å²) in [4.78, 5) is 18.6. The van der Waals surface area contributed by atoms with E-state index < -0.39 is 0 Å². The van der Waals surface area contributed by atoms with Crippen LogP contribution in [-0.4, -0.2) is 52.8 Å². The SMILES string of the molecule is CN=C(NCCc1ccc(OC)c(OC)c1)NCC(=O)N1CCc2ccccc21. The van der Waals surface area contributed by atoms with Crippen LogP contribution in [0.3, 0.4) is 0 Å². The highest BCUT2D eigenvalue weighted by Crippen LogP contribution is 2.28. The third kappa shape index (κ3) is 4.99. The van der Waals surface area contributed by atoms with Crippen LogP contribution < -0.4 is 25.0 Å². The Hall–Kier alpha value is -3.22. The van der Waals surface area contributed by atoms with Crippen molar-refractivity contribution < 1.29 is 14.3 Å². The van der Waals surface area contributed by atoms with Crippen LogP contribution in [0.25, 0.3) is 0 Å². The lowest BCUT2D eigenvalue weighted by molar-refractivity contribution is -0.117. The average Bonchev–Trinajstić information content (AvgIpc) is 3.20. The summed E-state index contributed by atoms with van der Waals surface area (Å²) in [5, 5.41) is 6.35.